The number of hydrogen-bond acceptors (Lipinski definition) is 9. The summed E-state index contributed by atoms with van der Waals surface area (Å²) >= 11 is 0. The Morgan fingerprint density at radius 1 is 0.760 bits per heavy atom. The van der Waals surface area contributed by atoms with Crippen LogP contribution in [0.2, 0.25) is 0 Å². The Morgan fingerprint density at radius 3 is 1.84 bits per heavy atom. The second kappa shape index (κ2) is 18.5. The second-order valence-corrected chi connectivity index (χ2v) is 14.7. The molecule has 0 saturated carbocycles. The average Bonchev–Trinajstić information content (AvgIpc) is 3.41. The van der Waals surface area contributed by atoms with E-state index in [-0.39, 0.29) is 12.3 Å². The molecule has 2 rings (SSSR count). The zero-order valence-electron chi connectivity index (χ0n) is 30.6. The molecular formula is C35H56N8O7. The Bertz CT molecular complexity index is 1500. The Balaban J connectivity index is 2.26. The monoisotopic (exact) mass is 700 g/mol. The Hall–Kier alpha value is -4.50. The van der Waals surface area contributed by atoms with Crippen LogP contribution < -0.4 is 38.3 Å². The summed E-state index contributed by atoms with van der Waals surface area (Å²) < 4.78 is 5.41. The summed E-state index contributed by atoms with van der Waals surface area (Å²) in [4.78, 5) is 82.3. The van der Waals surface area contributed by atoms with Crippen LogP contribution in [0, 0.1) is 17.8 Å². The van der Waals surface area contributed by atoms with E-state index in [1.165, 1.54) is 0 Å². The molecule has 0 spiro atoms. The number of hydrazine groups is 1. The van der Waals surface area contributed by atoms with Gasteiger partial charge >= 0.3 is 5.97 Å². The van der Waals surface area contributed by atoms with Gasteiger partial charge in [-0.15, -0.1) is 0 Å². The average molecular weight is 701 g/mol. The molecule has 15 nitrogen and oxygen atoms in total. The lowest BCUT2D eigenvalue weighted by atomic mass is 9.98. The number of H-pyrrole nitrogens is 1. The first-order chi connectivity index (χ1) is 23.2. The number of aromatic nitrogens is 1. The Morgan fingerprint density at radius 2 is 1.30 bits per heavy atom. The third kappa shape index (κ3) is 12.8. The number of nitrogens with one attached hydrogen (secondary N) is 6. The summed E-state index contributed by atoms with van der Waals surface area (Å²) in [6.45, 7) is 15.6. The van der Waals surface area contributed by atoms with Crippen LogP contribution in [-0.4, -0.2) is 76.3 Å². The maximum absolute atomic E-state index is 13.7. The molecule has 2 aromatic rings. The summed E-state index contributed by atoms with van der Waals surface area (Å²) in [5, 5.41) is 11.5. The first-order valence-electron chi connectivity index (χ1n) is 17.0. The molecule has 0 fully saturated rings. The molecule has 15 heteroatoms. The minimum absolute atomic E-state index is 0.0578. The van der Waals surface area contributed by atoms with Gasteiger partial charge in [0, 0.05) is 17.1 Å². The van der Waals surface area contributed by atoms with Gasteiger partial charge in [0.25, 0.3) is 5.91 Å². The van der Waals surface area contributed by atoms with Crippen LogP contribution >= 0.6 is 0 Å². The highest BCUT2D eigenvalue weighted by Gasteiger charge is 2.35. The molecule has 5 amide bonds. The molecule has 5 atom stereocenters. The second-order valence-electron chi connectivity index (χ2n) is 14.7. The maximum atomic E-state index is 13.7. The standard InChI is InChI=1S/C35H56N8O7/c1-18(2)14-25(32(47)43-37)40-33(48)28(19(3)4)42-34(49)29(20(5)6)41-31(46)26(16-27(44)50-35(7,8)9)39-30(45)23(36)15-21-17-38-24-13-11-10-12-22(21)24/h10-13,17-20,23,25-26,28-29,38H,14-16,36-37H2,1-9H3,(H,39,45)(H,40,48)(H,41,46)(H,42,49)(H,43,47)/t23-,25+,26-,28-,29+/m1/s1. The van der Waals surface area contributed by atoms with Gasteiger partial charge in [0.2, 0.25) is 23.6 Å². The van der Waals surface area contributed by atoms with E-state index >= 15 is 0 Å². The first kappa shape index (κ1) is 41.7. The van der Waals surface area contributed by atoms with Crippen LogP contribution in [0.3, 0.4) is 0 Å². The fourth-order valence-corrected chi connectivity index (χ4v) is 5.30. The van der Waals surface area contributed by atoms with Crippen LogP contribution in [0.5, 0.6) is 0 Å². The van der Waals surface area contributed by atoms with Crippen molar-refractivity contribution in [3.63, 3.8) is 0 Å². The SMILES string of the molecule is CC(C)C[C@H](NC(=O)[C@H](NC(=O)[C@@H](NC(=O)[C@@H](CC(=O)OC(C)(C)C)NC(=O)[C@H](N)Cc1c[nH]c2ccccc12)C(C)C)C(C)C)C(=O)NN. The van der Waals surface area contributed by atoms with Crippen molar-refractivity contribution in [1.82, 2.24) is 31.7 Å². The van der Waals surface area contributed by atoms with E-state index in [4.69, 9.17) is 16.3 Å². The number of nitrogens with two attached hydrogens (primary N) is 2. The number of aromatic amines is 1. The molecule has 1 aromatic heterocycles. The fourth-order valence-electron chi connectivity index (χ4n) is 5.30. The highest BCUT2D eigenvalue weighted by atomic mass is 16.6. The first-order valence-corrected chi connectivity index (χ1v) is 17.0. The molecule has 278 valence electrons. The van der Waals surface area contributed by atoms with E-state index in [0.29, 0.717) is 6.42 Å². The van der Waals surface area contributed by atoms with Gasteiger partial charge in [-0.1, -0.05) is 59.7 Å². The van der Waals surface area contributed by atoms with Crippen LogP contribution in [0.15, 0.2) is 30.5 Å². The fraction of sp³-hybridized carbons (Fsp3) is 0.600. The lowest BCUT2D eigenvalue weighted by Crippen LogP contribution is -2.61. The van der Waals surface area contributed by atoms with Gasteiger partial charge in [0.1, 0.15) is 29.8 Å². The van der Waals surface area contributed by atoms with Crippen LogP contribution in [0.1, 0.15) is 80.7 Å². The number of hydrogen-bond donors (Lipinski definition) is 8. The Kier molecular flexibility index (Phi) is 15.4. The van der Waals surface area contributed by atoms with Gasteiger partial charge in [0.15, 0.2) is 0 Å². The maximum Gasteiger partial charge on any atom is 0.308 e. The molecular weight excluding hydrogens is 644 g/mol. The summed E-state index contributed by atoms with van der Waals surface area (Å²) in [5.74, 6) is 0.391. The molecule has 10 N–H and O–H groups in total. The molecule has 0 saturated heterocycles. The number of carbonyl (C=O) groups excluding carboxylic acids is 6. The predicted octanol–water partition coefficient (Wildman–Crippen LogP) is 1.06. The normalized spacial score (nSPS) is 14.8. The van der Waals surface area contributed by atoms with Gasteiger partial charge in [-0.2, -0.15) is 0 Å². The lowest BCUT2D eigenvalue weighted by Gasteiger charge is -2.30. The van der Waals surface area contributed by atoms with Crippen molar-refractivity contribution in [3.05, 3.63) is 36.0 Å². The number of benzene rings is 1. The third-order valence-corrected chi connectivity index (χ3v) is 7.85. The number of esters is 1. The topological polar surface area (TPSA) is 240 Å². The predicted molar refractivity (Wildman–Crippen MR) is 190 cm³/mol. The summed E-state index contributed by atoms with van der Waals surface area (Å²) in [6, 6.07) is 1.87. The zero-order chi connectivity index (χ0) is 37.9. The molecule has 0 bridgehead atoms. The smallest absolute Gasteiger partial charge is 0.308 e. The van der Waals surface area contributed by atoms with E-state index in [1.807, 2.05) is 38.1 Å². The number of carbonyl (C=O) groups is 6. The van der Waals surface area contributed by atoms with E-state index in [9.17, 15) is 28.8 Å². The zero-order valence-corrected chi connectivity index (χ0v) is 30.6. The van der Waals surface area contributed by atoms with E-state index in [1.54, 1.807) is 54.7 Å². The summed E-state index contributed by atoms with van der Waals surface area (Å²) in [6.07, 6.45) is 1.70. The van der Waals surface area contributed by atoms with Crippen LogP contribution in [-0.2, 0) is 39.9 Å². The third-order valence-electron chi connectivity index (χ3n) is 7.85. The highest BCUT2D eigenvalue weighted by molar-refractivity contribution is 5.97. The highest BCUT2D eigenvalue weighted by Crippen LogP contribution is 2.19. The van der Waals surface area contributed by atoms with E-state index < -0.39 is 89.6 Å². The molecule has 0 radical (unpaired) electrons. The number of amides is 5. The van der Waals surface area contributed by atoms with Crippen LogP contribution in [0.25, 0.3) is 10.9 Å². The van der Waals surface area contributed by atoms with Crippen molar-refractivity contribution >= 4 is 46.4 Å². The number of para-hydroxylation sites is 1. The molecule has 0 aliphatic rings. The molecule has 0 aliphatic heterocycles. The van der Waals surface area contributed by atoms with Crippen molar-refractivity contribution in [2.24, 2.45) is 29.3 Å². The number of fused-ring (bicyclic) bond motifs is 1. The van der Waals surface area contributed by atoms with E-state index in [0.717, 1.165) is 16.5 Å². The molecule has 0 unspecified atom stereocenters. The number of rotatable bonds is 17. The van der Waals surface area contributed by atoms with Gasteiger partial charge in [0.05, 0.1) is 12.5 Å². The van der Waals surface area contributed by atoms with Crippen molar-refractivity contribution in [3.8, 4) is 0 Å². The van der Waals surface area contributed by atoms with Gasteiger partial charge in [-0.05, 0) is 63.0 Å². The van der Waals surface area contributed by atoms with Crippen molar-refractivity contribution in [2.45, 2.75) is 117 Å². The van der Waals surface area contributed by atoms with E-state index in [2.05, 4.69) is 31.7 Å². The number of ether oxygens (including phenoxy) is 1. The minimum Gasteiger partial charge on any atom is -0.460 e. The molecule has 1 heterocycles. The summed E-state index contributed by atoms with van der Waals surface area (Å²) in [7, 11) is 0. The quantitative estimate of drug-likeness (QED) is 0.0509. The van der Waals surface area contributed by atoms with Crippen molar-refractivity contribution < 1.29 is 33.5 Å². The van der Waals surface area contributed by atoms with Crippen LogP contribution in [0.4, 0.5) is 0 Å². The van der Waals surface area contributed by atoms with Gasteiger partial charge in [-0.25, -0.2) is 5.84 Å². The molecule has 1 aromatic carbocycles. The van der Waals surface area contributed by atoms with Crippen molar-refractivity contribution in [1.29, 1.82) is 0 Å². The Labute approximate surface area is 294 Å². The van der Waals surface area contributed by atoms with Gasteiger partial charge in [-0.3, -0.25) is 34.2 Å². The lowest BCUT2D eigenvalue weighted by molar-refractivity contribution is -0.156. The summed E-state index contributed by atoms with van der Waals surface area (Å²) in [5.41, 5.74) is 9.14. The molecule has 50 heavy (non-hydrogen) atoms. The molecule has 0 aliphatic carbocycles. The minimum atomic E-state index is -1.43. The van der Waals surface area contributed by atoms with Gasteiger partial charge < -0.3 is 36.7 Å². The largest absolute Gasteiger partial charge is 0.460 e. The van der Waals surface area contributed by atoms with Crippen molar-refractivity contribution in [2.75, 3.05) is 0 Å².